The van der Waals surface area contributed by atoms with Crippen molar-refractivity contribution in [3.63, 3.8) is 0 Å². The van der Waals surface area contributed by atoms with E-state index in [2.05, 4.69) is 16.3 Å². The third kappa shape index (κ3) is 4.65. The highest BCUT2D eigenvalue weighted by atomic mass is 19.1. The minimum atomic E-state index is -0.222. The van der Waals surface area contributed by atoms with Gasteiger partial charge in [-0.05, 0) is 79.5 Å². The molecular formula is C27H32FN5O. The second kappa shape index (κ2) is 9.12. The van der Waals surface area contributed by atoms with Crippen LogP contribution in [0.15, 0.2) is 48.8 Å². The van der Waals surface area contributed by atoms with Crippen LogP contribution in [0.5, 0.6) is 0 Å². The Morgan fingerprint density at radius 2 is 1.91 bits per heavy atom. The summed E-state index contributed by atoms with van der Waals surface area (Å²) in [6.07, 6.45) is 8.21. The number of nitrogens with one attached hydrogen (secondary N) is 2. The van der Waals surface area contributed by atoms with E-state index >= 15 is 0 Å². The first-order valence-corrected chi connectivity index (χ1v) is 12.1. The Hall–Kier alpha value is -3.35. The number of aryl methyl sites for hydroxylation is 2. The van der Waals surface area contributed by atoms with E-state index in [1.54, 1.807) is 17.6 Å². The summed E-state index contributed by atoms with van der Waals surface area (Å²) in [7, 11) is 1.85. The van der Waals surface area contributed by atoms with Crippen LogP contribution >= 0.6 is 0 Å². The van der Waals surface area contributed by atoms with Crippen molar-refractivity contribution < 1.29 is 9.18 Å². The minimum Gasteiger partial charge on any atom is -0.372 e. The van der Waals surface area contributed by atoms with Crippen LogP contribution < -0.4 is 15.8 Å². The average molecular weight is 462 g/mol. The summed E-state index contributed by atoms with van der Waals surface area (Å²) >= 11 is 0. The third-order valence-corrected chi connectivity index (χ3v) is 7.06. The van der Waals surface area contributed by atoms with E-state index in [0.717, 1.165) is 55.6 Å². The standard InChI is InChI=1S/C27H32FN5O/c1-18-13-21(7-8-24(18)28)25(20-5-6-20)30-26(34)22-14-19(17-33-12-11-31(2)27(33)29)15-23(16-22)32-9-3-4-10-32/h7-8,11-16,20,25,29H,3-6,9-10,17H2,1-2H3,(H,30,34)/t25-/m0/s1. The maximum atomic E-state index is 13.8. The number of aromatic nitrogens is 2. The van der Waals surface area contributed by atoms with E-state index in [1.807, 2.05) is 42.2 Å². The number of imidazole rings is 1. The number of hydrogen-bond donors (Lipinski definition) is 2. The second-order valence-electron chi connectivity index (χ2n) is 9.74. The molecule has 0 radical (unpaired) electrons. The SMILES string of the molecule is Cc1cc([C@@H](NC(=O)c2cc(Cn3ccn(C)c3=N)cc(N3CCCC3)c2)C2CC2)ccc1F. The van der Waals surface area contributed by atoms with E-state index in [1.165, 1.54) is 6.07 Å². The van der Waals surface area contributed by atoms with Gasteiger partial charge >= 0.3 is 0 Å². The van der Waals surface area contributed by atoms with Crippen molar-refractivity contribution in [2.45, 2.75) is 45.2 Å². The molecule has 1 amide bonds. The molecule has 1 aliphatic heterocycles. The van der Waals surface area contributed by atoms with Gasteiger partial charge in [0.05, 0.1) is 12.6 Å². The van der Waals surface area contributed by atoms with Crippen molar-refractivity contribution in [1.82, 2.24) is 14.5 Å². The van der Waals surface area contributed by atoms with Gasteiger partial charge in [-0.3, -0.25) is 10.2 Å². The lowest BCUT2D eigenvalue weighted by Crippen LogP contribution is -2.30. The highest BCUT2D eigenvalue weighted by Gasteiger charge is 2.34. The summed E-state index contributed by atoms with van der Waals surface area (Å²) in [5.74, 6) is 0.0610. The fourth-order valence-electron chi connectivity index (χ4n) is 4.89. The van der Waals surface area contributed by atoms with Crippen LogP contribution in [-0.2, 0) is 13.6 Å². The van der Waals surface area contributed by atoms with Gasteiger partial charge in [-0.2, -0.15) is 0 Å². The van der Waals surface area contributed by atoms with Gasteiger partial charge in [0.1, 0.15) is 5.82 Å². The first-order valence-electron chi connectivity index (χ1n) is 12.1. The Labute approximate surface area is 199 Å². The Kier molecular flexibility index (Phi) is 6.02. The third-order valence-electron chi connectivity index (χ3n) is 7.06. The Bertz CT molecular complexity index is 1270. The lowest BCUT2D eigenvalue weighted by Gasteiger charge is -2.22. The number of benzene rings is 2. The lowest BCUT2D eigenvalue weighted by molar-refractivity contribution is 0.0931. The molecule has 1 saturated heterocycles. The topological polar surface area (TPSA) is 66.0 Å². The molecule has 2 fully saturated rings. The number of carbonyl (C=O) groups excluding carboxylic acids is 1. The number of rotatable bonds is 7. The van der Waals surface area contributed by atoms with Crippen LogP contribution in [0.3, 0.4) is 0 Å². The summed E-state index contributed by atoms with van der Waals surface area (Å²) < 4.78 is 17.5. The van der Waals surface area contributed by atoms with Gasteiger partial charge < -0.3 is 19.4 Å². The summed E-state index contributed by atoms with van der Waals surface area (Å²) in [4.78, 5) is 15.8. The molecule has 0 bridgehead atoms. The fraction of sp³-hybridized carbons (Fsp3) is 0.407. The van der Waals surface area contributed by atoms with Gasteiger partial charge in [-0.15, -0.1) is 0 Å². The second-order valence-corrected chi connectivity index (χ2v) is 9.74. The molecule has 3 aromatic rings. The van der Waals surface area contributed by atoms with Gasteiger partial charge in [0.2, 0.25) is 5.62 Å². The van der Waals surface area contributed by atoms with E-state index in [-0.39, 0.29) is 17.8 Å². The van der Waals surface area contributed by atoms with Crippen molar-refractivity contribution >= 4 is 11.6 Å². The fourth-order valence-corrected chi connectivity index (χ4v) is 4.89. The molecule has 178 valence electrons. The van der Waals surface area contributed by atoms with E-state index in [4.69, 9.17) is 5.41 Å². The van der Waals surface area contributed by atoms with Gasteiger partial charge in [0.25, 0.3) is 5.91 Å². The molecule has 1 atom stereocenters. The predicted molar refractivity (Wildman–Crippen MR) is 130 cm³/mol. The number of nitrogens with zero attached hydrogens (tertiary/aromatic N) is 3. The Balaban J connectivity index is 1.45. The van der Waals surface area contributed by atoms with Crippen LogP contribution in [0.1, 0.15) is 58.8 Å². The van der Waals surface area contributed by atoms with Crippen molar-refractivity contribution in [2.75, 3.05) is 18.0 Å². The Morgan fingerprint density at radius 3 is 2.56 bits per heavy atom. The zero-order valence-electron chi connectivity index (χ0n) is 19.9. The number of amides is 1. The number of anilines is 1. The van der Waals surface area contributed by atoms with Crippen molar-refractivity contribution in [3.05, 3.63) is 82.5 Å². The molecule has 2 heterocycles. The first-order chi connectivity index (χ1) is 16.4. The van der Waals surface area contributed by atoms with Gasteiger partial charge in [-0.1, -0.05) is 12.1 Å². The molecule has 1 aliphatic carbocycles. The zero-order valence-corrected chi connectivity index (χ0v) is 19.9. The summed E-state index contributed by atoms with van der Waals surface area (Å²) in [6, 6.07) is 11.1. The van der Waals surface area contributed by atoms with Crippen LogP contribution in [0, 0.1) is 24.1 Å². The summed E-state index contributed by atoms with van der Waals surface area (Å²) in [6.45, 7) is 4.28. The molecule has 5 rings (SSSR count). The number of hydrogen-bond acceptors (Lipinski definition) is 3. The van der Waals surface area contributed by atoms with Crippen molar-refractivity contribution in [2.24, 2.45) is 13.0 Å². The first kappa shape index (κ1) is 22.4. The molecule has 1 aromatic heterocycles. The number of halogens is 1. The van der Waals surface area contributed by atoms with Crippen molar-refractivity contribution in [1.29, 1.82) is 5.41 Å². The molecule has 1 saturated carbocycles. The van der Waals surface area contributed by atoms with Crippen molar-refractivity contribution in [3.8, 4) is 0 Å². The average Bonchev–Trinajstić information content (AvgIpc) is 3.43. The lowest BCUT2D eigenvalue weighted by atomic mass is 9.99. The van der Waals surface area contributed by atoms with Gasteiger partial charge in [-0.25, -0.2) is 4.39 Å². The highest BCUT2D eigenvalue weighted by molar-refractivity contribution is 5.95. The molecule has 34 heavy (non-hydrogen) atoms. The zero-order chi connectivity index (χ0) is 23.8. The Morgan fingerprint density at radius 1 is 1.15 bits per heavy atom. The maximum Gasteiger partial charge on any atom is 0.251 e. The molecule has 2 aliphatic rings. The quantitative estimate of drug-likeness (QED) is 0.552. The highest BCUT2D eigenvalue weighted by Crippen LogP contribution is 2.41. The predicted octanol–water partition coefficient (Wildman–Crippen LogP) is 4.28. The smallest absolute Gasteiger partial charge is 0.251 e. The molecular weight excluding hydrogens is 429 g/mol. The van der Waals surface area contributed by atoms with Crippen LogP contribution in [0.25, 0.3) is 0 Å². The van der Waals surface area contributed by atoms with Crippen LogP contribution in [-0.4, -0.2) is 28.1 Å². The number of carbonyl (C=O) groups is 1. The molecule has 0 spiro atoms. The molecule has 7 heteroatoms. The molecule has 6 nitrogen and oxygen atoms in total. The van der Waals surface area contributed by atoms with Gasteiger partial charge in [0, 0.05) is 43.8 Å². The largest absolute Gasteiger partial charge is 0.372 e. The van der Waals surface area contributed by atoms with E-state index < -0.39 is 0 Å². The normalized spacial score (nSPS) is 16.6. The molecule has 0 unspecified atom stereocenters. The molecule has 2 N–H and O–H groups in total. The van der Waals surface area contributed by atoms with E-state index in [0.29, 0.717) is 29.2 Å². The van der Waals surface area contributed by atoms with Crippen LogP contribution in [0.4, 0.5) is 10.1 Å². The van der Waals surface area contributed by atoms with Gasteiger partial charge in [0.15, 0.2) is 0 Å². The van der Waals surface area contributed by atoms with E-state index in [9.17, 15) is 9.18 Å². The monoisotopic (exact) mass is 461 g/mol. The maximum absolute atomic E-state index is 13.8. The van der Waals surface area contributed by atoms with Crippen LogP contribution in [0.2, 0.25) is 0 Å². The minimum absolute atomic E-state index is 0.106. The summed E-state index contributed by atoms with van der Waals surface area (Å²) in [5.41, 5.74) is 4.67. The summed E-state index contributed by atoms with van der Waals surface area (Å²) in [5, 5.41) is 11.5. The molecule has 2 aromatic carbocycles.